The van der Waals surface area contributed by atoms with Crippen molar-refractivity contribution >= 4 is 32.4 Å². The molecule has 4 rings (SSSR count). The molecule has 0 unspecified atom stereocenters. The quantitative estimate of drug-likeness (QED) is 0.794. The summed E-state index contributed by atoms with van der Waals surface area (Å²) in [4.78, 5) is 17.5. The molecule has 1 aliphatic heterocycles. The lowest BCUT2D eigenvalue weighted by atomic mass is 10.2. The number of anilines is 1. The van der Waals surface area contributed by atoms with Gasteiger partial charge in [-0.1, -0.05) is 17.7 Å². The molecule has 7 nitrogen and oxygen atoms in total. The lowest BCUT2D eigenvalue weighted by Gasteiger charge is -2.25. The Balaban J connectivity index is 1.35. The van der Waals surface area contributed by atoms with E-state index < -0.39 is 10.0 Å². The van der Waals surface area contributed by atoms with Gasteiger partial charge in [-0.05, 0) is 31.9 Å². The summed E-state index contributed by atoms with van der Waals surface area (Å²) in [7, 11) is -3.18. The van der Waals surface area contributed by atoms with Gasteiger partial charge in [0.1, 0.15) is 5.75 Å². The molecule has 27 heavy (non-hydrogen) atoms. The Morgan fingerprint density at radius 1 is 1.33 bits per heavy atom. The molecule has 1 fully saturated rings. The highest BCUT2D eigenvalue weighted by Crippen LogP contribution is 2.35. The molecule has 1 saturated carbocycles. The Morgan fingerprint density at radius 2 is 2.07 bits per heavy atom. The number of sulfonamides is 1. The van der Waals surface area contributed by atoms with E-state index in [0.29, 0.717) is 30.4 Å². The van der Waals surface area contributed by atoms with Gasteiger partial charge in [-0.15, -0.1) is 11.3 Å². The van der Waals surface area contributed by atoms with Crippen molar-refractivity contribution in [1.29, 1.82) is 0 Å². The number of carbonyl (C=O) groups is 1. The SMILES string of the molecule is Cc1ccc(OCC(=O)Nc2nc3c(s2)CN(S(=O)(=O)C2CC2)CC3)cc1. The number of ether oxygens (including phenoxy) is 1. The van der Waals surface area contributed by atoms with Gasteiger partial charge >= 0.3 is 0 Å². The molecule has 0 radical (unpaired) electrons. The average molecular weight is 408 g/mol. The topological polar surface area (TPSA) is 88.6 Å². The number of thiazole rings is 1. The third kappa shape index (κ3) is 4.15. The summed E-state index contributed by atoms with van der Waals surface area (Å²) >= 11 is 1.33. The fraction of sp³-hybridized carbons (Fsp3) is 0.444. The van der Waals surface area contributed by atoms with Crippen LogP contribution in [0.2, 0.25) is 0 Å². The molecule has 1 aromatic heterocycles. The van der Waals surface area contributed by atoms with Crippen LogP contribution in [-0.4, -0.2) is 42.0 Å². The van der Waals surface area contributed by atoms with Crippen LogP contribution in [0.5, 0.6) is 5.75 Å². The van der Waals surface area contributed by atoms with Crippen LogP contribution in [0.1, 0.15) is 29.0 Å². The molecule has 1 aromatic carbocycles. The van der Waals surface area contributed by atoms with Crippen LogP contribution < -0.4 is 10.1 Å². The van der Waals surface area contributed by atoms with Crippen LogP contribution in [0.4, 0.5) is 5.13 Å². The summed E-state index contributed by atoms with van der Waals surface area (Å²) in [6.45, 7) is 2.69. The van der Waals surface area contributed by atoms with E-state index in [1.807, 2.05) is 31.2 Å². The van der Waals surface area contributed by atoms with Crippen molar-refractivity contribution in [2.75, 3.05) is 18.5 Å². The lowest BCUT2D eigenvalue weighted by Crippen LogP contribution is -2.37. The number of hydrogen-bond donors (Lipinski definition) is 1. The Morgan fingerprint density at radius 3 is 2.78 bits per heavy atom. The zero-order valence-electron chi connectivity index (χ0n) is 15.0. The molecular weight excluding hydrogens is 386 g/mol. The van der Waals surface area contributed by atoms with Crippen molar-refractivity contribution in [3.8, 4) is 5.75 Å². The first-order valence-electron chi connectivity index (χ1n) is 8.88. The maximum atomic E-state index is 12.4. The average Bonchev–Trinajstić information content (AvgIpc) is 3.42. The third-order valence-corrected chi connectivity index (χ3v) is 7.98. The van der Waals surface area contributed by atoms with Crippen molar-refractivity contribution in [2.24, 2.45) is 0 Å². The maximum absolute atomic E-state index is 12.4. The summed E-state index contributed by atoms with van der Waals surface area (Å²) in [6, 6.07) is 7.48. The number of nitrogens with one attached hydrogen (secondary N) is 1. The number of nitrogens with zero attached hydrogens (tertiary/aromatic N) is 2. The molecule has 0 atom stereocenters. The minimum Gasteiger partial charge on any atom is -0.484 e. The number of rotatable bonds is 6. The second-order valence-electron chi connectivity index (χ2n) is 6.87. The Kier molecular flexibility index (Phi) is 4.92. The number of aryl methyl sites for hydroxylation is 1. The normalized spacial score (nSPS) is 17.4. The van der Waals surface area contributed by atoms with Gasteiger partial charge < -0.3 is 4.74 Å². The first-order valence-corrected chi connectivity index (χ1v) is 11.2. The molecule has 9 heteroatoms. The van der Waals surface area contributed by atoms with Gasteiger partial charge in [-0.2, -0.15) is 4.31 Å². The lowest BCUT2D eigenvalue weighted by molar-refractivity contribution is -0.118. The second kappa shape index (κ2) is 7.21. The summed E-state index contributed by atoms with van der Waals surface area (Å²) in [5, 5.41) is 3.03. The Bertz CT molecular complexity index is 949. The molecule has 0 saturated heterocycles. The summed E-state index contributed by atoms with van der Waals surface area (Å²) < 4.78 is 31.8. The minimum atomic E-state index is -3.18. The van der Waals surface area contributed by atoms with Gasteiger partial charge in [0.05, 0.1) is 10.9 Å². The molecule has 2 heterocycles. The number of benzene rings is 1. The number of carbonyl (C=O) groups excluding carboxylic acids is 1. The molecule has 1 amide bonds. The van der Waals surface area contributed by atoms with Gasteiger partial charge in [0.2, 0.25) is 10.0 Å². The minimum absolute atomic E-state index is 0.102. The molecule has 2 aliphatic rings. The number of amides is 1. The van der Waals surface area contributed by atoms with Crippen molar-refractivity contribution < 1.29 is 17.9 Å². The first-order chi connectivity index (χ1) is 12.9. The van der Waals surface area contributed by atoms with Crippen molar-refractivity contribution in [2.45, 2.75) is 38.0 Å². The predicted molar refractivity (Wildman–Crippen MR) is 103 cm³/mol. The standard InChI is InChI=1S/C18H21N3O4S2/c1-12-2-4-13(5-3-12)25-11-17(22)20-18-19-15-8-9-21(10-16(15)26-18)27(23,24)14-6-7-14/h2-5,14H,6-11H2,1H3,(H,19,20,22). The molecule has 1 aliphatic carbocycles. The zero-order valence-corrected chi connectivity index (χ0v) is 16.6. The highest BCUT2D eigenvalue weighted by atomic mass is 32.2. The van der Waals surface area contributed by atoms with Gasteiger partial charge in [0.25, 0.3) is 5.91 Å². The van der Waals surface area contributed by atoms with Gasteiger partial charge in [0, 0.05) is 24.4 Å². The van der Waals surface area contributed by atoms with Gasteiger partial charge in [-0.3, -0.25) is 10.1 Å². The van der Waals surface area contributed by atoms with Crippen molar-refractivity contribution in [3.05, 3.63) is 40.4 Å². The molecule has 0 spiro atoms. The summed E-state index contributed by atoms with van der Waals surface area (Å²) in [5.74, 6) is 0.347. The zero-order chi connectivity index (χ0) is 19.0. The molecular formula is C18H21N3O4S2. The number of fused-ring (bicyclic) bond motifs is 1. The first kappa shape index (κ1) is 18.4. The number of aromatic nitrogens is 1. The monoisotopic (exact) mass is 407 g/mol. The van der Waals surface area contributed by atoms with Crippen LogP contribution >= 0.6 is 11.3 Å². The van der Waals surface area contributed by atoms with E-state index in [4.69, 9.17) is 4.74 Å². The largest absolute Gasteiger partial charge is 0.484 e. The van der Waals surface area contributed by atoms with Crippen molar-refractivity contribution in [3.63, 3.8) is 0 Å². The van der Waals surface area contributed by atoms with Crippen LogP contribution in [-0.2, 0) is 27.8 Å². The smallest absolute Gasteiger partial charge is 0.264 e. The Labute approximate surface area is 162 Å². The highest BCUT2D eigenvalue weighted by molar-refractivity contribution is 7.90. The van der Waals surface area contributed by atoms with Gasteiger partial charge in [-0.25, -0.2) is 13.4 Å². The van der Waals surface area contributed by atoms with E-state index in [1.54, 1.807) is 4.31 Å². The van der Waals surface area contributed by atoms with E-state index in [-0.39, 0.29) is 17.8 Å². The van der Waals surface area contributed by atoms with E-state index in [0.717, 1.165) is 29.0 Å². The third-order valence-electron chi connectivity index (χ3n) is 4.64. The van der Waals surface area contributed by atoms with Gasteiger partial charge in [0.15, 0.2) is 11.7 Å². The summed E-state index contributed by atoms with van der Waals surface area (Å²) in [5.41, 5.74) is 2.00. The van der Waals surface area contributed by atoms with Crippen LogP contribution in [0.3, 0.4) is 0 Å². The van der Waals surface area contributed by atoms with E-state index in [1.165, 1.54) is 11.3 Å². The molecule has 144 valence electrons. The maximum Gasteiger partial charge on any atom is 0.264 e. The second-order valence-corrected chi connectivity index (χ2v) is 10.2. The van der Waals surface area contributed by atoms with Crippen LogP contribution in [0.15, 0.2) is 24.3 Å². The van der Waals surface area contributed by atoms with E-state index in [9.17, 15) is 13.2 Å². The van der Waals surface area contributed by atoms with Crippen molar-refractivity contribution in [1.82, 2.24) is 9.29 Å². The van der Waals surface area contributed by atoms with E-state index in [2.05, 4.69) is 10.3 Å². The predicted octanol–water partition coefficient (Wildman–Crippen LogP) is 2.32. The van der Waals surface area contributed by atoms with Crippen LogP contribution in [0.25, 0.3) is 0 Å². The fourth-order valence-corrected chi connectivity index (χ4v) is 5.89. The molecule has 1 N–H and O–H groups in total. The summed E-state index contributed by atoms with van der Waals surface area (Å²) in [6.07, 6.45) is 2.10. The Hall–Kier alpha value is -1.97. The highest BCUT2D eigenvalue weighted by Gasteiger charge is 2.41. The van der Waals surface area contributed by atoms with Crippen LogP contribution in [0, 0.1) is 6.92 Å². The molecule has 2 aromatic rings. The number of hydrogen-bond acceptors (Lipinski definition) is 6. The fourth-order valence-electron chi connectivity index (χ4n) is 2.96. The van der Waals surface area contributed by atoms with E-state index >= 15 is 0 Å². The molecule has 0 bridgehead atoms.